The van der Waals surface area contributed by atoms with Crippen molar-refractivity contribution < 1.29 is 29.4 Å². The number of fused-ring (bicyclic) bond motifs is 6. The van der Waals surface area contributed by atoms with Gasteiger partial charge >= 0.3 is 0 Å². The van der Waals surface area contributed by atoms with E-state index in [9.17, 15) is 39.0 Å². The van der Waals surface area contributed by atoms with E-state index in [0.717, 1.165) is 11.4 Å². The van der Waals surface area contributed by atoms with E-state index in [1.807, 2.05) is 38.1 Å². The maximum absolute atomic E-state index is 12.8. The second-order valence-corrected chi connectivity index (χ2v) is 14.8. The largest absolute Gasteiger partial charge is 0.396 e. The first-order valence-corrected chi connectivity index (χ1v) is 18.7. The highest BCUT2D eigenvalue weighted by atomic mass is 16.3. The lowest BCUT2D eigenvalue weighted by molar-refractivity contribution is -0.145. The highest BCUT2D eigenvalue weighted by Crippen LogP contribution is 2.51. The Morgan fingerprint density at radius 1 is 0.667 bits per heavy atom. The molecule has 4 aliphatic heterocycles. The summed E-state index contributed by atoms with van der Waals surface area (Å²) in [6.45, 7) is 7.63. The number of likely N-dealkylation sites (N-methyl/N-ethyl adjacent to an activating group) is 2. The van der Waals surface area contributed by atoms with Gasteiger partial charge in [-0.05, 0) is 38.1 Å². The van der Waals surface area contributed by atoms with Crippen molar-refractivity contribution in [3.05, 3.63) is 79.6 Å². The monoisotopic (exact) mass is 746 g/mol. The minimum Gasteiger partial charge on any atom is -0.396 e. The van der Waals surface area contributed by atoms with Gasteiger partial charge in [-0.2, -0.15) is 0 Å². The standard InChI is InChI=1S/2C20H27N3O4/c2*1-5-7-12-8-9-15-17-13(10-22(15)19(12)26)14(11-24)18(20(27)21(3)4)23(17)16(25)6-2/h2*5,7-9,13-14,17-18,24H,6,10-11H2,1-4H3/b7-5+;7-5-/t2*13-,14-,17+,18-/m00/s1. The zero-order chi connectivity index (χ0) is 39.8. The minimum atomic E-state index is -0.702. The molecular weight excluding hydrogens is 692 g/mol. The van der Waals surface area contributed by atoms with Gasteiger partial charge in [0.2, 0.25) is 23.6 Å². The van der Waals surface area contributed by atoms with Crippen molar-refractivity contribution in [3.8, 4) is 0 Å². The predicted octanol–water partition coefficient (Wildman–Crippen LogP) is 1.74. The van der Waals surface area contributed by atoms with Gasteiger partial charge in [-0.25, -0.2) is 0 Å². The summed E-state index contributed by atoms with van der Waals surface area (Å²) in [4.78, 5) is 83.1. The molecule has 14 nitrogen and oxygen atoms in total. The minimum absolute atomic E-state index is 0.101. The lowest BCUT2D eigenvalue weighted by atomic mass is 9.88. The van der Waals surface area contributed by atoms with Gasteiger partial charge in [-0.3, -0.25) is 28.8 Å². The van der Waals surface area contributed by atoms with Gasteiger partial charge in [0.15, 0.2) is 0 Å². The van der Waals surface area contributed by atoms with Crippen molar-refractivity contribution in [2.45, 2.75) is 77.8 Å². The molecule has 2 N–H and O–H groups in total. The van der Waals surface area contributed by atoms with Crippen LogP contribution in [0.5, 0.6) is 0 Å². The molecule has 0 unspecified atom stereocenters. The number of aromatic nitrogens is 2. The number of hydrogen-bond donors (Lipinski definition) is 2. The normalized spacial score (nSPS) is 26.3. The van der Waals surface area contributed by atoms with E-state index >= 15 is 0 Å². The first kappa shape index (κ1) is 40.4. The van der Waals surface area contributed by atoms with E-state index in [0.29, 0.717) is 24.2 Å². The number of hydrogen-bond acceptors (Lipinski definition) is 8. The van der Waals surface area contributed by atoms with Crippen molar-refractivity contribution in [2.24, 2.45) is 23.7 Å². The second-order valence-electron chi connectivity index (χ2n) is 14.8. The summed E-state index contributed by atoms with van der Waals surface area (Å²) in [5, 5.41) is 20.1. The average Bonchev–Trinajstić information content (AvgIpc) is 3.89. The molecule has 2 aromatic rings. The zero-order valence-electron chi connectivity index (χ0n) is 32.5. The third kappa shape index (κ3) is 6.63. The number of pyridine rings is 2. The third-order valence-corrected chi connectivity index (χ3v) is 11.5. The molecule has 4 aliphatic rings. The summed E-state index contributed by atoms with van der Waals surface area (Å²) in [7, 11) is 6.62. The van der Waals surface area contributed by atoms with Crippen molar-refractivity contribution in [3.63, 3.8) is 0 Å². The molecule has 2 saturated heterocycles. The lowest BCUT2D eigenvalue weighted by Crippen LogP contribution is -2.49. The topological polar surface area (TPSA) is 166 Å². The number of nitrogens with zero attached hydrogens (tertiary/aromatic N) is 6. The Kier molecular flexibility index (Phi) is 12.2. The van der Waals surface area contributed by atoms with Crippen LogP contribution in [0.15, 0.2) is 46.0 Å². The molecule has 0 bridgehead atoms. The summed E-state index contributed by atoms with van der Waals surface area (Å²) in [5.41, 5.74) is 2.47. The Labute approximate surface area is 315 Å². The SMILES string of the molecule is C/C=C/c1ccc2n(c1=O)C[C@H]1[C@H](CO)[C@@H](C(=O)N(C)C)N(C(=O)CC)[C@@H]21.C/C=C\c1ccc2n(c1=O)C[C@H]1[C@H](CO)[C@@H](C(=O)N(C)C)N(C(=O)CC)[C@@H]21. The van der Waals surface area contributed by atoms with Crippen molar-refractivity contribution in [1.29, 1.82) is 0 Å². The first-order chi connectivity index (χ1) is 25.7. The Bertz CT molecular complexity index is 1820. The van der Waals surface area contributed by atoms with E-state index < -0.39 is 23.9 Å². The van der Waals surface area contributed by atoms with Crippen LogP contribution in [-0.2, 0) is 32.3 Å². The van der Waals surface area contributed by atoms with Crippen LogP contribution in [0.4, 0.5) is 0 Å². The molecule has 2 fully saturated rings. The van der Waals surface area contributed by atoms with Gasteiger partial charge in [-0.1, -0.05) is 38.2 Å². The number of rotatable bonds is 8. The van der Waals surface area contributed by atoms with E-state index in [1.54, 1.807) is 85.3 Å². The maximum atomic E-state index is 12.8. The van der Waals surface area contributed by atoms with Gasteiger partial charge in [0.05, 0.1) is 12.1 Å². The molecular formula is C40H54N6O8. The number of aliphatic hydroxyl groups excluding tert-OH is 2. The average molecular weight is 747 g/mol. The molecule has 0 saturated carbocycles. The fraction of sp³-hybridized carbons (Fsp3) is 0.550. The molecule has 2 aromatic heterocycles. The summed E-state index contributed by atoms with van der Waals surface area (Å²) in [6.07, 6.45) is 7.68. The van der Waals surface area contributed by atoms with E-state index in [4.69, 9.17) is 0 Å². The summed E-state index contributed by atoms with van der Waals surface area (Å²) >= 11 is 0. The number of likely N-dealkylation sites (tertiary alicyclic amines) is 2. The van der Waals surface area contributed by atoms with Gasteiger partial charge in [-0.15, -0.1) is 0 Å². The molecule has 8 atom stereocenters. The van der Waals surface area contributed by atoms with Gasteiger partial charge in [0, 0.05) is 114 Å². The fourth-order valence-electron chi connectivity index (χ4n) is 9.04. The van der Waals surface area contributed by atoms with Crippen molar-refractivity contribution in [2.75, 3.05) is 41.4 Å². The molecule has 6 heterocycles. The van der Waals surface area contributed by atoms with Gasteiger partial charge in [0.25, 0.3) is 11.1 Å². The van der Waals surface area contributed by atoms with Crippen LogP contribution in [0.2, 0.25) is 0 Å². The maximum Gasteiger partial charge on any atom is 0.258 e. The van der Waals surface area contributed by atoms with E-state index in [1.165, 1.54) is 9.80 Å². The van der Waals surface area contributed by atoms with Crippen LogP contribution in [-0.4, -0.2) is 116 Å². The Balaban J connectivity index is 0.000000208. The van der Waals surface area contributed by atoms with Crippen LogP contribution in [0.25, 0.3) is 12.2 Å². The van der Waals surface area contributed by atoms with Crippen molar-refractivity contribution >= 4 is 35.8 Å². The molecule has 14 heteroatoms. The molecule has 0 spiro atoms. The molecule has 54 heavy (non-hydrogen) atoms. The first-order valence-electron chi connectivity index (χ1n) is 18.7. The Morgan fingerprint density at radius 2 is 1.02 bits per heavy atom. The van der Waals surface area contributed by atoms with Crippen molar-refractivity contribution in [1.82, 2.24) is 28.7 Å². The molecule has 0 radical (unpaired) electrons. The predicted molar refractivity (Wildman–Crippen MR) is 204 cm³/mol. The number of aliphatic hydroxyl groups is 2. The molecule has 6 rings (SSSR count). The number of allylic oxidation sites excluding steroid dienone is 2. The highest BCUT2D eigenvalue weighted by Gasteiger charge is 2.58. The van der Waals surface area contributed by atoms with E-state index in [2.05, 4.69) is 0 Å². The van der Waals surface area contributed by atoms with Crippen LogP contribution in [0.1, 0.15) is 75.1 Å². The summed E-state index contributed by atoms with van der Waals surface area (Å²) in [6, 6.07) is 5.13. The Hall–Kier alpha value is -4.82. The van der Waals surface area contributed by atoms with Gasteiger partial charge in [0.1, 0.15) is 12.1 Å². The smallest absolute Gasteiger partial charge is 0.258 e. The fourth-order valence-corrected chi connectivity index (χ4v) is 9.04. The number of carbonyl (C=O) groups excluding carboxylic acids is 4. The zero-order valence-corrected chi connectivity index (χ0v) is 32.5. The third-order valence-electron chi connectivity index (χ3n) is 11.5. The van der Waals surface area contributed by atoms with Crippen LogP contribution < -0.4 is 11.1 Å². The second kappa shape index (κ2) is 16.3. The molecule has 0 aliphatic carbocycles. The van der Waals surface area contributed by atoms with Crippen LogP contribution in [0, 0.1) is 23.7 Å². The number of carbonyl (C=O) groups is 4. The lowest BCUT2D eigenvalue weighted by Gasteiger charge is -2.32. The van der Waals surface area contributed by atoms with Crippen LogP contribution >= 0.6 is 0 Å². The number of amides is 4. The Morgan fingerprint density at radius 3 is 1.30 bits per heavy atom. The molecule has 0 aromatic carbocycles. The van der Waals surface area contributed by atoms with Crippen LogP contribution in [0.3, 0.4) is 0 Å². The van der Waals surface area contributed by atoms with Gasteiger partial charge < -0.3 is 38.9 Å². The quantitative estimate of drug-likeness (QED) is 0.413. The highest BCUT2D eigenvalue weighted by molar-refractivity contribution is 5.90. The summed E-state index contributed by atoms with van der Waals surface area (Å²) < 4.78 is 3.39. The van der Waals surface area contributed by atoms with E-state index in [-0.39, 0.29) is 84.7 Å². The molecule has 292 valence electrons. The molecule has 4 amide bonds. The summed E-state index contributed by atoms with van der Waals surface area (Å²) in [5.74, 6) is -1.77.